The number of carbonyl (C=O) groups is 3. The Labute approximate surface area is 99.0 Å². The third-order valence-electron chi connectivity index (χ3n) is 3.13. The van der Waals surface area contributed by atoms with Crippen LogP contribution >= 0.6 is 0 Å². The Morgan fingerprint density at radius 2 is 2.06 bits per heavy atom. The van der Waals surface area contributed by atoms with Crippen molar-refractivity contribution in [1.82, 2.24) is 10.2 Å². The minimum Gasteiger partial charge on any atom is -0.481 e. The fraction of sp³-hybridized carbons (Fsp3) is 0.727. The summed E-state index contributed by atoms with van der Waals surface area (Å²) in [5, 5.41) is 11.7. The maximum atomic E-state index is 11.6. The molecule has 1 aliphatic heterocycles. The van der Waals surface area contributed by atoms with E-state index in [1.807, 2.05) is 0 Å². The number of piperidine rings is 1. The predicted octanol–water partition coefficient (Wildman–Crippen LogP) is -0.412. The molecule has 6 nitrogen and oxygen atoms in total. The van der Waals surface area contributed by atoms with Crippen LogP contribution in [0.15, 0.2) is 0 Å². The van der Waals surface area contributed by atoms with Crippen molar-refractivity contribution in [3.8, 4) is 0 Å². The number of carboxylic acid groups (broad SMARTS) is 1. The number of hydrogen-bond acceptors (Lipinski definition) is 3. The van der Waals surface area contributed by atoms with E-state index < -0.39 is 11.9 Å². The van der Waals surface area contributed by atoms with Gasteiger partial charge in [-0.15, -0.1) is 0 Å². The highest BCUT2D eigenvalue weighted by molar-refractivity contribution is 5.86. The van der Waals surface area contributed by atoms with Crippen molar-refractivity contribution in [2.75, 3.05) is 13.1 Å². The van der Waals surface area contributed by atoms with Gasteiger partial charge < -0.3 is 15.3 Å². The number of carboxylic acids is 1. The molecule has 17 heavy (non-hydrogen) atoms. The summed E-state index contributed by atoms with van der Waals surface area (Å²) in [5.41, 5.74) is 0. The Balaban J connectivity index is 1.86. The third-order valence-corrected chi connectivity index (χ3v) is 3.13. The number of rotatable bonds is 4. The Hall–Kier alpha value is -1.59. The van der Waals surface area contributed by atoms with Crippen molar-refractivity contribution in [1.29, 1.82) is 0 Å². The number of aliphatic carboxylic acids is 1. The van der Waals surface area contributed by atoms with Gasteiger partial charge in [0.1, 0.15) is 0 Å². The van der Waals surface area contributed by atoms with E-state index >= 15 is 0 Å². The lowest BCUT2D eigenvalue weighted by atomic mass is 9.98. The molecule has 2 rings (SSSR count). The van der Waals surface area contributed by atoms with Crippen LogP contribution in [-0.2, 0) is 14.4 Å². The molecular formula is C11H16N2O4. The first-order chi connectivity index (χ1) is 8.06. The van der Waals surface area contributed by atoms with Gasteiger partial charge in [0, 0.05) is 19.0 Å². The van der Waals surface area contributed by atoms with Crippen LogP contribution in [0, 0.1) is 5.92 Å². The van der Waals surface area contributed by atoms with Gasteiger partial charge in [0.2, 0.25) is 11.8 Å². The monoisotopic (exact) mass is 240 g/mol. The van der Waals surface area contributed by atoms with Crippen molar-refractivity contribution in [2.24, 2.45) is 5.92 Å². The summed E-state index contributed by atoms with van der Waals surface area (Å²) in [6.07, 6.45) is 2.58. The lowest BCUT2D eigenvalue weighted by molar-refractivity contribution is -0.149. The zero-order valence-corrected chi connectivity index (χ0v) is 9.52. The number of likely N-dealkylation sites (tertiary alicyclic amines) is 1. The number of amides is 2. The molecule has 1 heterocycles. The summed E-state index contributed by atoms with van der Waals surface area (Å²) in [5.74, 6) is -1.76. The van der Waals surface area contributed by atoms with E-state index in [1.165, 1.54) is 4.90 Å². The second kappa shape index (κ2) is 4.73. The molecule has 0 aromatic rings. The Morgan fingerprint density at radius 3 is 2.65 bits per heavy atom. The molecule has 0 radical (unpaired) electrons. The fourth-order valence-corrected chi connectivity index (χ4v) is 1.94. The summed E-state index contributed by atoms with van der Waals surface area (Å²) in [7, 11) is 0. The van der Waals surface area contributed by atoms with Crippen LogP contribution in [-0.4, -0.2) is 46.9 Å². The van der Waals surface area contributed by atoms with Gasteiger partial charge in [-0.3, -0.25) is 14.4 Å². The van der Waals surface area contributed by atoms with E-state index in [2.05, 4.69) is 5.32 Å². The minimum absolute atomic E-state index is 0.0148. The summed E-state index contributed by atoms with van der Waals surface area (Å²) >= 11 is 0. The van der Waals surface area contributed by atoms with Crippen LogP contribution in [0.3, 0.4) is 0 Å². The van der Waals surface area contributed by atoms with Gasteiger partial charge in [-0.05, 0) is 19.3 Å². The van der Waals surface area contributed by atoms with Gasteiger partial charge in [0.05, 0.1) is 12.5 Å². The minimum atomic E-state index is -0.898. The summed E-state index contributed by atoms with van der Waals surface area (Å²) in [6, 6.07) is 0.262. The molecule has 1 atom stereocenters. The first-order valence-corrected chi connectivity index (χ1v) is 5.86. The Morgan fingerprint density at radius 1 is 1.35 bits per heavy atom. The standard InChI is InChI=1S/C11H16N2O4/c14-9(12-8-2-3-8)6-13-5-7(11(16)17)1-4-10(13)15/h7-8H,1-6H2,(H,12,14)(H,16,17). The predicted molar refractivity (Wildman–Crippen MR) is 58.1 cm³/mol. The zero-order chi connectivity index (χ0) is 12.4. The van der Waals surface area contributed by atoms with E-state index in [1.54, 1.807) is 0 Å². The molecule has 1 unspecified atom stereocenters. The van der Waals surface area contributed by atoms with Gasteiger partial charge in [-0.2, -0.15) is 0 Å². The SMILES string of the molecule is O=C(CN1CC(C(=O)O)CCC1=O)NC1CC1. The smallest absolute Gasteiger partial charge is 0.308 e. The highest BCUT2D eigenvalue weighted by Gasteiger charge is 2.32. The Bertz CT molecular complexity index is 351. The molecule has 0 aromatic heterocycles. The van der Waals surface area contributed by atoms with Crippen molar-refractivity contribution >= 4 is 17.8 Å². The molecule has 2 N–H and O–H groups in total. The maximum Gasteiger partial charge on any atom is 0.308 e. The van der Waals surface area contributed by atoms with E-state index in [-0.39, 0.29) is 37.4 Å². The molecule has 0 bridgehead atoms. The van der Waals surface area contributed by atoms with E-state index in [0.29, 0.717) is 6.42 Å². The molecule has 94 valence electrons. The van der Waals surface area contributed by atoms with Gasteiger partial charge in [-0.25, -0.2) is 0 Å². The summed E-state index contributed by atoms with van der Waals surface area (Å²) in [4.78, 5) is 35.3. The van der Waals surface area contributed by atoms with Gasteiger partial charge in [-0.1, -0.05) is 0 Å². The van der Waals surface area contributed by atoms with Crippen LogP contribution in [0.1, 0.15) is 25.7 Å². The number of nitrogens with zero attached hydrogens (tertiary/aromatic N) is 1. The highest BCUT2D eigenvalue weighted by atomic mass is 16.4. The van der Waals surface area contributed by atoms with Gasteiger partial charge in [0.15, 0.2) is 0 Å². The van der Waals surface area contributed by atoms with E-state index in [0.717, 1.165) is 12.8 Å². The average molecular weight is 240 g/mol. The largest absolute Gasteiger partial charge is 0.481 e. The van der Waals surface area contributed by atoms with Crippen molar-refractivity contribution < 1.29 is 19.5 Å². The van der Waals surface area contributed by atoms with Crippen LogP contribution in [0.4, 0.5) is 0 Å². The van der Waals surface area contributed by atoms with Gasteiger partial charge >= 0.3 is 5.97 Å². The topological polar surface area (TPSA) is 86.7 Å². The normalized spacial score (nSPS) is 24.6. The molecular weight excluding hydrogens is 224 g/mol. The zero-order valence-electron chi connectivity index (χ0n) is 9.52. The Kier molecular flexibility index (Phi) is 3.31. The molecule has 2 fully saturated rings. The third kappa shape index (κ3) is 3.18. The number of hydrogen-bond donors (Lipinski definition) is 2. The van der Waals surface area contributed by atoms with E-state index in [9.17, 15) is 14.4 Å². The van der Waals surface area contributed by atoms with Crippen LogP contribution in [0.5, 0.6) is 0 Å². The highest BCUT2D eigenvalue weighted by Crippen LogP contribution is 2.20. The van der Waals surface area contributed by atoms with Gasteiger partial charge in [0.25, 0.3) is 0 Å². The molecule has 0 spiro atoms. The fourth-order valence-electron chi connectivity index (χ4n) is 1.94. The molecule has 0 aromatic carbocycles. The maximum absolute atomic E-state index is 11.6. The lowest BCUT2D eigenvalue weighted by Crippen LogP contribution is -2.47. The van der Waals surface area contributed by atoms with Crippen LogP contribution in [0.2, 0.25) is 0 Å². The summed E-state index contributed by atoms with van der Waals surface area (Å²) < 4.78 is 0. The molecule has 1 saturated heterocycles. The summed E-state index contributed by atoms with van der Waals surface area (Å²) in [6.45, 7) is 0.130. The second-order valence-corrected chi connectivity index (χ2v) is 4.69. The van der Waals surface area contributed by atoms with Crippen molar-refractivity contribution in [3.63, 3.8) is 0 Å². The van der Waals surface area contributed by atoms with Crippen molar-refractivity contribution in [2.45, 2.75) is 31.7 Å². The van der Waals surface area contributed by atoms with Crippen LogP contribution < -0.4 is 5.32 Å². The lowest BCUT2D eigenvalue weighted by Gasteiger charge is -2.30. The van der Waals surface area contributed by atoms with Crippen LogP contribution in [0.25, 0.3) is 0 Å². The molecule has 1 saturated carbocycles. The quantitative estimate of drug-likeness (QED) is 0.699. The van der Waals surface area contributed by atoms with Crippen molar-refractivity contribution in [3.05, 3.63) is 0 Å². The first kappa shape index (κ1) is 11.9. The molecule has 6 heteroatoms. The number of carbonyl (C=O) groups excluding carboxylic acids is 2. The second-order valence-electron chi connectivity index (χ2n) is 4.69. The van der Waals surface area contributed by atoms with E-state index in [4.69, 9.17) is 5.11 Å². The molecule has 2 amide bonds. The number of nitrogens with one attached hydrogen (secondary N) is 1. The average Bonchev–Trinajstić information content (AvgIpc) is 3.04. The molecule has 1 aliphatic carbocycles. The molecule has 2 aliphatic rings. The first-order valence-electron chi connectivity index (χ1n) is 5.86.